The molecule has 0 radical (unpaired) electrons. The number of thioether (sulfide) groups is 1. The lowest BCUT2D eigenvalue weighted by atomic mass is 9.95. The minimum atomic E-state index is -4.42. The number of carbonyl (C=O) groups is 2. The van der Waals surface area contributed by atoms with Crippen LogP contribution in [0.2, 0.25) is 0 Å². The molecule has 5 nitrogen and oxygen atoms in total. The topological polar surface area (TPSA) is 75.6 Å². The summed E-state index contributed by atoms with van der Waals surface area (Å²) in [5.74, 6) is -0.589. The Hall–Kier alpha value is -3.46. The minimum absolute atomic E-state index is 0.0419. The molecular formula is C29H30F3NO4S. The van der Waals surface area contributed by atoms with Gasteiger partial charge in [-0.2, -0.15) is 13.2 Å². The number of benzene rings is 3. The molecule has 1 atom stereocenters. The van der Waals surface area contributed by atoms with Gasteiger partial charge >= 0.3 is 11.5 Å². The molecule has 202 valence electrons. The Morgan fingerprint density at radius 2 is 1.74 bits per heavy atom. The van der Waals surface area contributed by atoms with Crippen LogP contribution in [0.3, 0.4) is 0 Å². The summed E-state index contributed by atoms with van der Waals surface area (Å²) in [4.78, 5) is 24.8. The predicted molar refractivity (Wildman–Crippen MR) is 141 cm³/mol. The number of aryl methyl sites for hydroxylation is 1. The molecule has 0 aromatic heterocycles. The zero-order valence-corrected chi connectivity index (χ0v) is 21.9. The Labute approximate surface area is 224 Å². The van der Waals surface area contributed by atoms with Crippen LogP contribution in [0.1, 0.15) is 59.8 Å². The number of carbonyl (C=O) groups excluding carboxylic acids is 1. The molecular weight excluding hydrogens is 515 g/mol. The zero-order valence-electron chi connectivity index (χ0n) is 21.1. The summed E-state index contributed by atoms with van der Waals surface area (Å²) in [6, 6.07) is 19.9. The molecule has 0 aliphatic rings. The van der Waals surface area contributed by atoms with Crippen LogP contribution in [0.15, 0.2) is 77.7 Å². The van der Waals surface area contributed by atoms with Gasteiger partial charge < -0.3 is 15.2 Å². The quantitative estimate of drug-likeness (QED) is 0.232. The van der Waals surface area contributed by atoms with E-state index < -0.39 is 23.4 Å². The molecule has 38 heavy (non-hydrogen) atoms. The Morgan fingerprint density at radius 3 is 2.39 bits per heavy atom. The third kappa shape index (κ3) is 9.45. The van der Waals surface area contributed by atoms with E-state index in [0.29, 0.717) is 28.9 Å². The van der Waals surface area contributed by atoms with Crippen LogP contribution in [-0.2, 0) is 17.8 Å². The van der Waals surface area contributed by atoms with Crippen LogP contribution in [0.5, 0.6) is 5.75 Å². The first-order valence-electron chi connectivity index (χ1n) is 12.2. The van der Waals surface area contributed by atoms with E-state index in [1.807, 2.05) is 44.2 Å². The highest BCUT2D eigenvalue weighted by molar-refractivity contribution is 8.00. The molecule has 3 aromatic rings. The monoisotopic (exact) mass is 545 g/mol. The largest absolute Gasteiger partial charge is 0.489 e. The number of hydrogen-bond donors (Lipinski definition) is 2. The second kappa shape index (κ2) is 13.4. The Morgan fingerprint density at radius 1 is 1.00 bits per heavy atom. The Balaban J connectivity index is 1.87. The normalized spacial score (nSPS) is 12.3. The van der Waals surface area contributed by atoms with Gasteiger partial charge in [-0.1, -0.05) is 56.3 Å². The Bertz CT molecular complexity index is 1230. The fourth-order valence-electron chi connectivity index (χ4n) is 3.98. The summed E-state index contributed by atoms with van der Waals surface area (Å²) in [5, 5.41) is 12.1. The maximum Gasteiger partial charge on any atom is 0.446 e. The van der Waals surface area contributed by atoms with Crippen molar-refractivity contribution in [1.82, 2.24) is 5.32 Å². The molecule has 3 rings (SSSR count). The highest BCUT2D eigenvalue weighted by Gasteiger charge is 2.29. The number of carboxylic acid groups (broad SMARTS) is 1. The van der Waals surface area contributed by atoms with Crippen molar-refractivity contribution in [2.24, 2.45) is 5.92 Å². The fraction of sp³-hybridized carbons (Fsp3) is 0.310. The summed E-state index contributed by atoms with van der Waals surface area (Å²) in [6.07, 6.45) is 0.518. The van der Waals surface area contributed by atoms with E-state index in [4.69, 9.17) is 9.84 Å². The first kappa shape index (κ1) is 29.1. The Kier molecular flexibility index (Phi) is 10.2. The van der Waals surface area contributed by atoms with Crippen molar-refractivity contribution in [2.75, 3.05) is 0 Å². The molecule has 0 fully saturated rings. The van der Waals surface area contributed by atoms with Gasteiger partial charge in [0.2, 0.25) is 0 Å². The van der Waals surface area contributed by atoms with Crippen molar-refractivity contribution in [3.05, 3.63) is 95.1 Å². The lowest BCUT2D eigenvalue weighted by Gasteiger charge is -2.23. The molecule has 1 unspecified atom stereocenters. The number of nitrogens with one attached hydrogen (secondary N) is 1. The van der Waals surface area contributed by atoms with Crippen LogP contribution in [0.4, 0.5) is 13.2 Å². The number of alkyl halides is 3. The predicted octanol–water partition coefficient (Wildman–Crippen LogP) is 7.41. The lowest BCUT2D eigenvalue weighted by Crippen LogP contribution is -2.30. The van der Waals surface area contributed by atoms with Crippen LogP contribution in [-0.4, -0.2) is 22.5 Å². The van der Waals surface area contributed by atoms with Crippen molar-refractivity contribution >= 4 is 23.6 Å². The molecule has 3 aromatic carbocycles. The highest BCUT2D eigenvalue weighted by Crippen LogP contribution is 2.38. The molecule has 2 N–H and O–H groups in total. The number of ether oxygens (including phenoxy) is 1. The first-order valence-corrected chi connectivity index (χ1v) is 13.0. The fourth-order valence-corrected chi connectivity index (χ4v) is 4.59. The zero-order chi connectivity index (χ0) is 27.7. The van der Waals surface area contributed by atoms with E-state index in [-0.39, 0.29) is 42.0 Å². The van der Waals surface area contributed by atoms with Gasteiger partial charge in [-0.25, -0.2) is 0 Å². The number of aliphatic carboxylic acids is 1. The van der Waals surface area contributed by atoms with Crippen LogP contribution in [0, 0.1) is 5.92 Å². The summed E-state index contributed by atoms with van der Waals surface area (Å²) < 4.78 is 44.6. The van der Waals surface area contributed by atoms with Gasteiger partial charge in [-0.15, -0.1) is 0 Å². The molecule has 0 aliphatic carbocycles. The lowest BCUT2D eigenvalue weighted by molar-refractivity contribution is -0.136. The van der Waals surface area contributed by atoms with E-state index in [2.05, 4.69) is 5.32 Å². The van der Waals surface area contributed by atoms with E-state index in [0.717, 1.165) is 5.56 Å². The second-order valence-corrected chi connectivity index (χ2v) is 10.4. The summed E-state index contributed by atoms with van der Waals surface area (Å²) in [6.45, 7) is 4.14. The highest BCUT2D eigenvalue weighted by atomic mass is 32.2. The first-order chi connectivity index (χ1) is 18.0. The molecule has 0 spiro atoms. The maximum atomic E-state index is 13.5. The molecule has 0 saturated heterocycles. The third-order valence-corrected chi connectivity index (χ3v) is 6.40. The molecule has 0 heterocycles. The van der Waals surface area contributed by atoms with Crippen molar-refractivity contribution in [1.29, 1.82) is 0 Å². The molecule has 0 aliphatic heterocycles. The third-order valence-electron chi connectivity index (χ3n) is 5.68. The number of para-hydroxylation sites is 1. The minimum Gasteiger partial charge on any atom is -0.489 e. The van der Waals surface area contributed by atoms with Crippen LogP contribution < -0.4 is 10.1 Å². The van der Waals surface area contributed by atoms with E-state index in [1.54, 1.807) is 30.3 Å². The van der Waals surface area contributed by atoms with E-state index >= 15 is 0 Å². The van der Waals surface area contributed by atoms with Crippen molar-refractivity contribution < 1.29 is 32.6 Å². The van der Waals surface area contributed by atoms with Gasteiger partial charge in [0, 0.05) is 16.9 Å². The molecule has 0 bridgehead atoms. The second-order valence-electron chi connectivity index (χ2n) is 9.26. The number of hydrogen-bond acceptors (Lipinski definition) is 4. The maximum absolute atomic E-state index is 13.5. The van der Waals surface area contributed by atoms with Gasteiger partial charge in [0.15, 0.2) is 0 Å². The molecule has 1 amide bonds. The van der Waals surface area contributed by atoms with Crippen molar-refractivity contribution in [3.63, 3.8) is 0 Å². The summed E-state index contributed by atoms with van der Waals surface area (Å²) >= 11 is -0.198. The van der Waals surface area contributed by atoms with Gasteiger partial charge in [0.25, 0.3) is 5.91 Å². The van der Waals surface area contributed by atoms with Crippen molar-refractivity contribution in [3.8, 4) is 5.75 Å². The van der Waals surface area contributed by atoms with Crippen LogP contribution >= 0.6 is 11.8 Å². The van der Waals surface area contributed by atoms with Gasteiger partial charge in [0.1, 0.15) is 12.4 Å². The summed E-state index contributed by atoms with van der Waals surface area (Å²) in [7, 11) is 0. The smallest absolute Gasteiger partial charge is 0.446 e. The number of halogens is 3. The molecule has 0 saturated carbocycles. The average molecular weight is 546 g/mol. The SMILES string of the molecule is CC(C)CC(NC(=O)c1cc(COc2ccccc2)ccc1CCC(=O)O)c1cccc(SC(F)(F)F)c1. The molecule has 9 heteroatoms. The van der Waals surface area contributed by atoms with E-state index in [1.165, 1.54) is 12.1 Å². The average Bonchev–Trinajstić information content (AvgIpc) is 2.85. The number of carboxylic acids is 1. The summed E-state index contributed by atoms with van der Waals surface area (Å²) in [5.41, 5.74) is -2.25. The van der Waals surface area contributed by atoms with Crippen LogP contribution in [0.25, 0.3) is 0 Å². The van der Waals surface area contributed by atoms with Gasteiger partial charge in [-0.3, -0.25) is 9.59 Å². The van der Waals surface area contributed by atoms with E-state index in [9.17, 15) is 22.8 Å². The van der Waals surface area contributed by atoms with Crippen molar-refractivity contribution in [2.45, 2.75) is 56.2 Å². The van der Waals surface area contributed by atoms with Gasteiger partial charge in [-0.05, 0) is 77.5 Å². The number of rotatable bonds is 12. The number of amides is 1. The standard InChI is InChI=1S/C29H30F3NO4S/c1-19(2)15-26(22-7-6-10-24(17-22)38-29(30,31)32)33-28(36)25-16-20(11-12-21(25)13-14-27(34)35)18-37-23-8-4-3-5-9-23/h3-12,16-17,19,26H,13-15,18H2,1-2H3,(H,33,36)(H,34,35). The van der Waals surface area contributed by atoms with Gasteiger partial charge in [0.05, 0.1) is 6.04 Å².